The summed E-state index contributed by atoms with van der Waals surface area (Å²) in [7, 11) is 0. The van der Waals surface area contributed by atoms with Gasteiger partial charge < -0.3 is 24.7 Å². The molecule has 0 unspecified atom stereocenters. The van der Waals surface area contributed by atoms with Crippen LogP contribution in [0, 0.1) is 0 Å². The molecule has 0 radical (unpaired) electrons. The van der Waals surface area contributed by atoms with Gasteiger partial charge in [0, 0.05) is 62.5 Å². The van der Waals surface area contributed by atoms with Crippen LogP contribution in [-0.2, 0) is 20.7 Å². The Balaban J connectivity index is 1.16. The molecule has 0 bridgehead atoms. The summed E-state index contributed by atoms with van der Waals surface area (Å²) in [4.78, 5) is 17.7. The number of para-hydroxylation sites is 1. The van der Waals surface area contributed by atoms with E-state index in [9.17, 15) is 4.79 Å². The first-order valence-corrected chi connectivity index (χ1v) is 9.56. The molecule has 26 heavy (non-hydrogen) atoms. The lowest BCUT2D eigenvalue weighted by Gasteiger charge is -2.37. The Bertz CT molecular complexity index is 742. The van der Waals surface area contributed by atoms with Crippen molar-refractivity contribution in [1.29, 1.82) is 0 Å². The molecule has 2 aliphatic heterocycles. The van der Waals surface area contributed by atoms with Gasteiger partial charge in [0.2, 0.25) is 5.91 Å². The Morgan fingerprint density at radius 2 is 1.96 bits per heavy atom. The van der Waals surface area contributed by atoms with Crippen LogP contribution in [-0.4, -0.2) is 61.0 Å². The Hall–Kier alpha value is -1.89. The molecule has 6 nitrogen and oxygen atoms in total. The largest absolute Gasteiger partial charge is 0.361 e. The summed E-state index contributed by atoms with van der Waals surface area (Å²) >= 11 is 0. The van der Waals surface area contributed by atoms with Gasteiger partial charge in [-0.1, -0.05) is 18.2 Å². The van der Waals surface area contributed by atoms with E-state index in [0.29, 0.717) is 26.2 Å². The van der Waals surface area contributed by atoms with Crippen molar-refractivity contribution in [2.24, 2.45) is 0 Å². The van der Waals surface area contributed by atoms with Gasteiger partial charge in [-0.25, -0.2) is 0 Å². The van der Waals surface area contributed by atoms with Crippen LogP contribution in [0.4, 0.5) is 0 Å². The summed E-state index contributed by atoms with van der Waals surface area (Å²) in [6.45, 7) is 4.75. The number of likely N-dealkylation sites (tertiary alicyclic amines) is 1. The van der Waals surface area contributed by atoms with E-state index in [1.165, 1.54) is 10.9 Å². The number of fused-ring (bicyclic) bond motifs is 1. The molecular formula is C20H27N3O3. The van der Waals surface area contributed by atoms with Gasteiger partial charge in [-0.15, -0.1) is 0 Å². The van der Waals surface area contributed by atoms with Crippen LogP contribution in [0.2, 0.25) is 0 Å². The first-order valence-electron chi connectivity index (χ1n) is 9.56. The second-order valence-corrected chi connectivity index (χ2v) is 7.16. The number of aromatic amines is 1. The fourth-order valence-corrected chi connectivity index (χ4v) is 3.93. The van der Waals surface area contributed by atoms with E-state index in [4.69, 9.17) is 9.47 Å². The maximum atomic E-state index is 12.1. The minimum Gasteiger partial charge on any atom is -0.361 e. The summed E-state index contributed by atoms with van der Waals surface area (Å²) in [5.41, 5.74) is 2.39. The van der Waals surface area contributed by atoms with Gasteiger partial charge in [0.1, 0.15) is 0 Å². The quantitative estimate of drug-likeness (QED) is 0.830. The predicted molar refractivity (Wildman–Crippen MR) is 99.9 cm³/mol. The van der Waals surface area contributed by atoms with Gasteiger partial charge >= 0.3 is 0 Å². The number of amides is 1. The summed E-state index contributed by atoms with van der Waals surface area (Å²) in [5.74, 6) is -0.212. The third-order valence-corrected chi connectivity index (χ3v) is 5.48. The number of nitrogens with zero attached hydrogens (tertiary/aromatic N) is 1. The zero-order valence-corrected chi connectivity index (χ0v) is 15.1. The van der Waals surface area contributed by atoms with Gasteiger partial charge in [-0.2, -0.15) is 0 Å². The zero-order chi connectivity index (χ0) is 17.8. The Morgan fingerprint density at radius 3 is 2.77 bits per heavy atom. The van der Waals surface area contributed by atoms with E-state index in [-0.39, 0.29) is 11.7 Å². The average Bonchev–Trinajstić information content (AvgIpc) is 3.29. The van der Waals surface area contributed by atoms with Gasteiger partial charge in [0.25, 0.3) is 0 Å². The lowest BCUT2D eigenvalue weighted by atomic mass is 10.0. The van der Waals surface area contributed by atoms with E-state index in [0.717, 1.165) is 44.4 Å². The molecule has 2 saturated heterocycles. The van der Waals surface area contributed by atoms with Crippen molar-refractivity contribution in [2.75, 3.05) is 39.4 Å². The third kappa shape index (κ3) is 3.92. The molecule has 0 atom stereocenters. The number of hydrogen-bond donors (Lipinski definition) is 2. The number of benzene rings is 1. The van der Waals surface area contributed by atoms with Crippen molar-refractivity contribution >= 4 is 16.8 Å². The number of rotatable bonds is 6. The molecule has 0 aliphatic carbocycles. The van der Waals surface area contributed by atoms with E-state index in [1.807, 2.05) is 18.3 Å². The number of carbonyl (C=O) groups is 1. The van der Waals surface area contributed by atoms with Crippen molar-refractivity contribution in [3.63, 3.8) is 0 Å². The maximum absolute atomic E-state index is 12.1. The fraction of sp³-hybridized carbons (Fsp3) is 0.550. The molecule has 1 aromatic carbocycles. The molecule has 1 aromatic heterocycles. The lowest BCUT2D eigenvalue weighted by Crippen LogP contribution is -2.46. The van der Waals surface area contributed by atoms with Crippen LogP contribution in [0.5, 0.6) is 0 Å². The first-order chi connectivity index (χ1) is 12.7. The lowest BCUT2D eigenvalue weighted by molar-refractivity contribution is -0.185. The molecule has 6 heteroatoms. The van der Waals surface area contributed by atoms with E-state index in [1.54, 1.807) is 0 Å². The number of H-pyrrole nitrogens is 1. The topological polar surface area (TPSA) is 66.6 Å². The minimum absolute atomic E-state index is 0.124. The molecular weight excluding hydrogens is 330 g/mol. The molecule has 1 spiro atoms. The number of aromatic nitrogens is 1. The number of nitrogens with one attached hydrogen (secondary N) is 2. The van der Waals surface area contributed by atoms with Crippen molar-refractivity contribution in [3.05, 3.63) is 36.0 Å². The molecule has 4 rings (SSSR count). The molecule has 2 fully saturated rings. The minimum atomic E-state index is -0.335. The van der Waals surface area contributed by atoms with Crippen molar-refractivity contribution in [2.45, 2.75) is 31.5 Å². The Morgan fingerprint density at radius 1 is 1.19 bits per heavy atom. The van der Waals surface area contributed by atoms with Crippen molar-refractivity contribution in [1.82, 2.24) is 15.2 Å². The van der Waals surface area contributed by atoms with Gasteiger partial charge in [0.05, 0.1) is 13.2 Å². The summed E-state index contributed by atoms with van der Waals surface area (Å²) in [5, 5.41) is 4.28. The van der Waals surface area contributed by atoms with Crippen LogP contribution in [0.25, 0.3) is 10.9 Å². The maximum Gasteiger partial charge on any atom is 0.221 e. The SMILES string of the molecule is O=C(CCN1CCC2(CC1)OCCO2)NCCc1c[nH]c2ccccc12. The number of ether oxygens (including phenoxy) is 2. The van der Waals surface area contributed by atoms with Crippen LogP contribution in [0.15, 0.2) is 30.5 Å². The zero-order valence-electron chi connectivity index (χ0n) is 15.1. The summed E-state index contributed by atoms with van der Waals surface area (Å²) in [6, 6.07) is 8.26. The van der Waals surface area contributed by atoms with Crippen molar-refractivity contribution in [3.8, 4) is 0 Å². The Kier molecular flexibility index (Phi) is 5.24. The highest BCUT2D eigenvalue weighted by Crippen LogP contribution is 2.31. The molecule has 2 aliphatic rings. The van der Waals surface area contributed by atoms with Gasteiger partial charge in [0.15, 0.2) is 5.79 Å². The number of piperidine rings is 1. The van der Waals surface area contributed by atoms with Crippen molar-refractivity contribution < 1.29 is 14.3 Å². The molecule has 2 N–H and O–H groups in total. The average molecular weight is 357 g/mol. The molecule has 1 amide bonds. The molecule has 3 heterocycles. The van der Waals surface area contributed by atoms with E-state index >= 15 is 0 Å². The monoisotopic (exact) mass is 357 g/mol. The standard InChI is InChI=1S/C20H27N3O3/c24-19(6-10-23-11-7-20(8-12-23)25-13-14-26-20)21-9-5-16-15-22-18-4-2-1-3-17(16)18/h1-4,15,22H,5-14H2,(H,21,24). The summed E-state index contributed by atoms with van der Waals surface area (Å²) < 4.78 is 11.5. The van der Waals surface area contributed by atoms with E-state index in [2.05, 4.69) is 27.3 Å². The predicted octanol–water partition coefficient (Wildman–Crippen LogP) is 2.06. The smallest absolute Gasteiger partial charge is 0.221 e. The fourth-order valence-electron chi connectivity index (χ4n) is 3.93. The van der Waals surface area contributed by atoms with Gasteiger partial charge in [-0.05, 0) is 18.1 Å². The molecule has 140 valence electrons. The second-order valence-electron chi connectivity index (χ2n) is 7.16. The highest BCUT2D eigenvalue weighted by atomic mass is 16.7. The highest BCUT2D eigenvalue weighted by molar-refractivity contribution is 5.83. The van der Waals surface area contributed by atoms with Crippen LogP contribution in [0.3, 0.4) is 0 Å². The second kappa shape index (κ2) is 7.78. The summed E-state index contributed by atoms with van der Waals surface area (Å²) in [6.07, 6.45) is 5.22. The van der Waals surface area contributed by atoms with Crippen LogP contribution in [0.1, 0.15) is 24.8 Å². The number of hydrogen-bond acceptors (Lipinski definition) is 4. The Labute approximate surface area is 153 Å². The number of carbonyl (C=O) groups excluding carboxylic acids is 1. The van der Waals surface area contributed by atoms with E-state index < -0.39 is 0 Å². The third-order valence-electron chi connectivity index (χ3n) is 5.48. The first kappa shape index (κ1) is 17.5. The molecule has 0 saturated carbocycles. The van der Waals surface area contributed by atoms with Gasteiger partial charge in [-0.3, -0.25) is 4.79 Å². The van der Waals surface area contributed by atoms with Crippen LogP contribution >= 0.6 is 0 Å². The van der Waals surface area contributed by atoms with Crippen LogP contribution < -0.4 is 5.32 Å². The molecule has 2 aromatic rings. The highest BCUT2D eigenvalue weighted by Gasteiger charge is 2.39. The normalized spacial score (nSPS) is 20.0.